The van der Waals surface area contributed by atoms with E-state index < -0.39 is 11.1 Å². The van der Waals surface area contributed by atoms with Gasteiger partial charge >= 0.3 is 0 Å². The maximum absolute atomic E-state index is 12.9. The summed E-state index contributed by atoms with van der Waals surface area (Å²) in [7, 11) is 0. The molecule has 7 nitrogen and oxygen atoms in total. The Labute approximate surface area is 192 Å². The van der Waals surface area contributed by atoms with Gasteiger partial charge in [0.05, 0.1) is 18.1 Å². The fourth-order valence-corrected chi connectivity index (χ4v) is 4.87. The number of imide groups is 1. The molecule has 0 atom stereocenters. The molecule has 8 heteroatoms. The predicted octanol–water partition coefficient (Wildman–Crippen LogP) is 3.55. The van der Waals surface area contributed by atoms with Crippen LogP contribution in [0.2, 0.25) is 0 Å². The first-order valence-corrected chi connectivity index (χ1v) is 11.6. The number of carbonyl (C=O) groups is 3. The lowest BCUT2D eigenvalue weighted by molar-refractivity contribution is -0.139. The summed E-state index contributed by atoms with van der Waals surface area (Å²) in [5.74, 6) is -0.649. The van der Waals surface area contributed by atoms with Gasteiger partial charge in [0.15, 0.2) is 0 Å². The van der Waals surface area contributed by atoms with E-state index >= 15 is 0 Å². The Bertz CT molecular complexity index is 1080. The number of carbonyl (C=O) groups excluding carboxylic acids is 3. The van der Waals surface area contributed by atoms with Crippen LogP contribution >= 0.6 is 11.8 Å². The highest BCUT2D eigenvalue weighted by Crippen LogP contribution is 2.33. The zero-order valence-corrected chi connectivity index (χ0v) is 19.4. The Balaban J connectivity index is 1.54. The van der Waals surface area contributed by atoms with E-state index in [1.54, 1.807) is 11.0 Å². The van der Waals surface area contributed by atoms with Gasteiger partial charge in [0, 0.05) is 30.2 Å². The maximum atomic E-state index is 12.9. The number of hydrogen-bond acceptors (Lipinski definition) is 5. The molecule has 168 valence electrons. The van der Waals surface area contributed by atoms with E-state index in [4.69, 9.17) is 4.74 Å². The van der Waals surface area contributed by atoms with Gasteiger partial charge in [-0.15, -0.1) is 0 Å². The molecule has 32 heavy (non-hydrogen) atoms. The third-order valence-electron chi connectivity index (χ3n) is 5.89. The van der Waals surface area contributed by atoms with Crippen molar-refractivity contribution < 1.29 is 19.1 Å². The van der Waals surface area contributed by atoms with Gasteiger partial charge in [0.1, 0.15) is 6.54 Å². The topological polar surface area (TPSA) is 71.8 Å². The quantitative estimate of drug-likeness (QED) is 0.648. The summed E-state index contributed by atoms with van der Waals surface area (Å²) in [6, 6.07) is 10.4. The van der Waals surface area contributed by atoms with Gasteiger partial charge < -0.3 is 14.2 Å². The summed E-state index contributed by atoms with van der Waals surface area (Å²) in [5.41, 5.74) is 5.24. The van der Waals surface area contributed by atoms with Gasteiger partial charge in [0.2, 0.25) is 5.91 Å². The van der Waals surface area contributed by atoms with Gasteiger partial charge in [-0.1, -0.05) is 19.1 Å². The molecule has 0 radical (unpaired) electrons. The molecule has 0 spiro atoms. The van der Waals surface area contributed by atoms with E-state index in [0.29, 0.717) is 31.2 Å². The summed E-state index contributed by atoms with van der Waals surface area (Å²) < 4.78 is 7.39. The highest BCUT2D eigenvalue weighted by atomic mass is 32.2. The first kappa shape index (κ1) is 22.4. The summed E-state index contributed by atoms with van der Waals surface area (Å²) in [4.78, 5) is 40.9. The number of nitrogens with zero attached hydrogens (tertiary/aromatic N) is 3. The van der Waals surface area contributed by atoms with Crippen molar-refractivity contribution >= 4 is 34.9 Å². The molecule has 3 heterocycles. The average molecular weight is 454 g/mol. The molecule has 2 saturated heterocycles. The van der Waals surface area contributed by atoms with Crippen molar-refractivity contribution in [2.75, 3.05) is 32.8 Å². The first-order valence-electron chi connectivity index (χ1n) is 10.8. The number of morpholine rings is 1. The van der Waals surface area contributed by atoms with Gasteiger partial charge in [-0.2, -0.15) is 0 Å². The van der Waals surface area contributed by atoms with Crippen molar-refractivity contribution in [1.29, 1.82) is 0 Å². The number of aryl methyl sites for hydroxylation is 2. The summed E-state index contributed by atoms with van der Waals surface area (Å²) in [6.07, 6.45) is 2.74. The van der Waals surface area contributed by atoms with Crippen LogP contribution < -0.4 is 0 Å². The molecule has 0 bridgehead atoms. The number of thioether (sulfide) groups is 1. The van der Waals surface area contributed by atoms with Crippen LogP contribution in [0.5, 0.6) is 0 Å². The number of aromatic nitrogens is 1. The molecule has 4 rings (SSSR count). The van der Waals surface area contributed by atoms with Crippen molar-refractivity contribution in [2.24, 2.45) is 0 Å². The van der Waals surface area contributed by atoms with Crippen molar-refractivity contribution in [1.82, 2.24) is 14.4 Å². The lowest BCUT2D eigenvalue weighted by atomic mass is 10.1. The van der Waals surface area contributed by atoms with Gasteiger partial charge in [0.25, 0.3) is 11.1 Å². The molecule has 0 N–H and O–H groups in total. The van der Waals surface area contributed by atoms with E-state index in [0.717, 1.165) is 45.7 Å². The molecular formula is C24H27N3O4S. The second-order valence-electron chi connectivity index (χ2n) is 7.94. The minimum Gasteiger partial charge on any atom is -0.378 e. The summed E-state index contributed by atoms with van der Waals surface area (Å²) >= 11 is 0.884. The SMILES string of the molecule is CCc1ccc(-n2c(C)cc(/C=C3/SC(=O)N(CC(=O)N4CCOCC4)C3=O)c2C)cc1. The van der Waals surface area contributed by atoms with Crippen LogP contribution in [0.3, 0.4) is 0 Å². The molecule has 0 aliphatic carbocycles. The molecule has 2 fully saturated rings. The van der Waals surface area contributed by atoms with Crippen LogP contribution in [0.25, 0.3) is 11.8 Å². The van der Waals surface area contributed by atoms with Gasteiger partial charge in [-0.05, 0) is 67.4 Å². The van der Waals surface area contributed by atoms with Crippen molar-refractivity contribution in [2.45, 2.75) is 27.2 Å². The lowest BCUT2D eigenvalue weighted by Gasteiger charge is -2.28. The van der Waals surface area contributed by atoms with Crippen molar-refractivity contribution in [3.05, 3.63) is 57.8 Å². The van der Waals surface area contributed by atoms with E-state index in [1.165, 1.54) is 5.56 Å². The fraction of sp³-hybridized carbons (Fsp3) is 0.375. The van der Waals surface area contributed by atoms with Gasteiger partial charge in [-0.3, -0.25) is 19.3 Å². The molecule has 2 aliphatic heterocycles. The highest BCUT2D eigenvalue weighted by molar-refractivity contribution is 8.18. The monoisotopic (exact) mass is 453 g/mol. The fourth-order valence-electron chi connectivity index (χ4n) is 4.04. The molecule has 1 aromatic heterocycles. The Hall–Kier alpha value is -2.84. The zero-order valence-electron chi connectivity index (χ0n) is 18.6. The van der Waals surface area contributed by atoms with E-state index in [1.807, 2.05) is 19.9 Å². The Morgan fingerprint density at radius 1 is 1.12 bits per heavy atom. The molecule has 2 aromatic rings. The number of rotatable bonds is 5. The van der Waals surface area contributed by atoms with Crippen LogP contribution in [0, 0.1) is 13.8 Å². The first-order chi connectivity index (χ1) is 15.4. The van der Waals surface area contributed by atoms with Crippen LogP contribution in [0.4, 0.5) is 4.79 Å². The molecular weight excluding hydrogens is 426 g/mol. The van der Waals surface area contributed by atoms with E-state index in [2.05, 4.69) is 35.8 Å². The predicted molar refractivity (Wildman–Crippen MR) is 125 cm³/mol. The zero-order chi connectivity index (χ0) is 22.8. The molecule has 3 amide bonds. The third kappa shape index (κ3) is 4.38. The number of ether oxygens (including phenoxy) is 1. The minimum atomic E-state index is -0.418. The minimum absolute atomic E-state index is 0.231. The molecule has 0 unspecified atom stereocenters. The van der Waals surface area contributed by atoms with Crippen molar-refractivity contribution in [3.8, 4) is 5.69 Å². The number of amides is 3. The maximum Gasteiger partial charge on any atom is 0.294 e. The van der Waals surface area contributed by atoms with Gasteiger partial charge in [-0.25, -0.2) is 0 Å². The summed E-state index contributed by atoms with van der Waals surface area (Å²) in [5, 5.41) is -0.410. The summed E-state index contributed by atoms with van der Waals surface area (Å²) in [6.45, 7) is 7.83. The normalized spacial score (nSPS) is 18.2. The Morgan fingerprint density at radius 2 is 1.81 bits per heavy atom. The smallest absolute Gasteiger partial charge is 0.294 e. The average Bonchev–Trinajstić information content (AvgIpc) is 3.23. The number of benzene rings is 1. The second-order valence-corrected chi connectivity index (χ2v) is 8.94. The van der Waals surface area contributed by atoms with E-state index in [-0.39, 0.29) is 12.5 Å². The highest BCUT2D eigenvalue weighted by Gasteiger charge is 2.37. The van der Waals surface area contributed by atoms with Crippen LogP contribution in [0.15, 0.2) is 35.2 Å². The van der Waals surface area contributed by atoms with Crippen molar-refractivity contribution in [3.63, 3.8) is 0 Å². The van der Waals surface area contributed by atoms with E-state index in [9.17, 15) is 14.4 Å². The molecule has 2 aliphatic rings. The largest absolute Gasteiger partial charge is 0.378 e. The molecule has 0 saturated carbocycles. The van der Waals surface area contributed by atoms with Crippen LogP contribution in [0.1, 0.15) is 29.4 Å². The van der Waals surface area contributed by atoms with Crippen LogP contribution in [-0.2, 0) is 20.7 Å². The lowest BCUT2D eigenvalue weighted by Crippen LogP contribution is -2.46. The van der Waals surface area contributed by atoms with Crippen LogP contribution in [-0.4, -0.2) is 64.3 Å². The Morgan fingerprint density at radius 3 is 2.47 bits per heavy atom. The Kier molecular flexibility index (Phi) is 6.53. The number of hydrogen-bond donors (Lipinski definition) is 0. The molecule has 1 aromatic carbocycles. The third-order valence-corrected chi connectivity index (χ3v) is 6.80. The standard InChI is InChI=1S/C24H27N3O4S/c1-4-18-5-7-20(8-6-18)27-16(2)13-19(17(27)3)14-21-23(29)26(24(30)32-21)15-22(28)25-9-11-31-12-10-25/h5-8,13-14H,4,9-12,15H2,1-3H3/b21-14+. The second kappa shape index (κ2) is 9.34.